The second kappa shape index (κ2) is 9.49. The molecule has 0 bridgehead atoms. The summed E-state index contributed by atoms with van der Waals surface area (Å²) >= 11 is 0. The van der Waals surface area contributed by atoms with Crippen molar-refractivity contribution in [3.8, 4) is 11.5 Å². The molecule has 8 heteroatoms. The van der Waals surface area contributed by atoms with Crippen molar-refractivity contribution in [2.24, 2.45) is 0 Å². The third-order valence-electron chi connectivity index (χ3n) is 4.23. The number of nitrogens with zero attached hydrogens (tertiary/aromatic N) is 1. The molecule has 7 nitrogen and oxygen atoms in total. The van der Waals surface area contributed by atoms with E-state index in [1.807, 2.05) is 34.6 Å². The van der Waals surface area contributed by atoms with Crippen LogP contribution in [0.1, 0.15) is 60.5 Å². The number of carbonyl (C=O) groups excluding carboxylic acids is 1. The SMILES string of the molecule is CC[C@@H](C)N(Cc1ccc(OC)c(OS(=O)(=O)C(C)C)c1)C(=O)NC(C)(C)C. The van der Waals surface area contributed by atoms with Gasteiger partial charge in [0, 0.05) is 18.1 Å². The zero-order valence-corrected chi connectivity index (χ0v) is 19.0. The molecule has 1 aromatic rings. The van der Waals surface area contributed by atoms with Crippen LogP contribution in [0.3, 0.4) is 0 Å². The van der Waals surface area contributed by atoms with Gasteiger partial charge in [-0.15, -0.1) is 0 Å². The van der Waals surface area contributed by atoms with Gasteiger partial charge in [-0.25, -0.2) is 4.79 Å². The van der Waals surface area contributed by atoms with Gasteiger partial charge in [0.15, 0.2) is 11.5 Å². The molecule has 0 saturated heterocycles. The normalized spacial score (nSPS) is 13.2. The number of ether oxygens (including phenoxy) is 1. The summed E-state index contributed by atoms with van der Waals surface area (Å²) in [6.07, 6.45) is 0.790. The molecule has 2 amide bonds. The van der Waals surface area contributed by atoms with Crippen molar-refractivity contribution in [1.29, 1.82) is 0 Å². The Morgan fingerprint density at radius 3 is 2.25 bits per heavy atom. The lowest BCUT2D eigenvalue weighted by Crippen LogP contribution is -2.50. The van der Waals surface area contributed by atoms with E-state index in [2.05, 4.69) is 5.32 Å². The highest BCUT2D eigenvalue weighted by molar-refractivity contribution is 7.87. The summed E-state index contributed by atoms with van der Waals surface area (Å²) < 4.78 is 34.8. The first kappa shape index (κ1) is 24.1. The monoisotopic (exact) mass is 414 g/mol. The van der Waals surface area contributed by atoms with Crippen molar-refractivity contribution < 1.29 is 22.1 Å². The van der Waals surface area contributed by atoms with E-state index in [1.165, 1.54) is 7.11 Å². The predicted octanol–water partition coefficient (Wildman–Crippen LogP) is 3.92. The Bertz CT molecular complexity index is 769. The highest BCUT2D eigenvalue weighted by atomic mass is 32.2. The van der Waals surface area contributed by atoms with E-state index in [4.69, 9.17) is 8.92 Å². The van der Waals surface area contributed by atoms with Crippen LogP contribution in [0.2, 0.25) is 0 Å². The van der Waals surface area contributed by atoms with Gasteiger partial charge in [-0.3, -0.25) is 0 Å². The van der Waals surface area contributed by atoms with Gasteiger partial charge in [0.1, 0.15) is 0 Å². The largest absolute Gasteiger partial charge is 0.493 e. The first-order valence-electron chi connectivity index (χ1n) is 9.49. The van der Waals surface area contributed by atoms with Gasteiger partial charge in [-0.05, 0) is 65.7 Å². The van der Waals surface area contributed by atoms with E-state index in [0.29, 0.717) is 12.3 Å². The number of rotatable bonds is 8. The smallest absolute Gasteiger partial charge is 0.318 e. The topological polar surface area (TPSA) is 84.9 Å². The number of urea groups is 1. The summed E-state index contributed by atoms with van der Waals surface area (Å²) in [7, 11) is -2.31. The van der Waals surface area contributed by atoms with Gasteiger partial charge in [0.25, 0.3) is 0 Å². The van der Waals surface area contributed by atoms with Crippen LogP contribution in [-0.2, 0) is 16.7 Å². The van der Waals surface area contributed by atoms with Crippen LogP contribution in [-0.4, -0.2) is 43.3 Å². The minimum atomic E-state index is -3.76. The summed E-state index contributed by atoms with van der Waals surface area (Å²) in [4.78, 5) is 14.5. The molecule has 160 valence electrons. The highest BCUT2D eigenvalue weighted by Gasteiger charge is 2.25. The number of hydrogen-bond acceptors (Lipinski definition) is 5. The van der Waals surface area contributed by atoms with Crippen LogP contribution < -0.4 is 14.2 Å². The Labute approximate surface area is 169 Å². The van der Waals surface area contributed by atoms with Gasteiger partial charge < -0.3 is 19.1 Å². The maximum atomic E-state index is 12.8. The van der Waals surface area contributed by atoms with Crippen LogP contribution in [0.4, 0.5) is 4.79 Å². The Morgan fingerprint density at radius 1 is 1.18 bits per heavy atom. The van der Waals surface area contributed by atoms with Gasteiger partial charge in [-0.2, -0.15) is 8.42 Å². The first-order valence-corrected chi connectivity index (χ1v) is 11.0. The summed E-state index contributed by atoms with van der Waals surface area (Å²) in [5.41, 5.74) is 0.390. The molecule has 0 heterocycles. The number of benzene rings is 1. The molecule has 0 aliphatic heterocycles. The number of methoxy groups -OCH3 is 1. The molecular weight excluding hydrogens is 380 g/mol. The molecule has 0 aromatic heterocycles. The van der Waals surface area contributed by atoms with Gasteiger partial charge in [-0.1, -0.05) is 13.0 Å². The Hall–Kier alpha value is -1.96. The Balaban J connectivity index is 3.19. The van der Waals surface area contributed by atoms with Crippen molar-refractivity contribution in [3.05, 3.63) is 23.8 Å². The van der Waals surface area contributed by atoms with E-state index in [-0.39, 0.29) is 23.4 Å². The first-order chi connectivity index (χ1) is 12.8. The predicted molar refractivity (Wildman–Crippen MR) is 111 cm³/mol. The molecule has 0 unspecified atom stereocenters. The minimum absolute atomic E-state index is 0.00761. The standard InChI is InChI=1S/C20H34N2O5S/c1-9-15(4)22(19(23)21-20(5,6)7)13-16-10-11-17(26-8)18(12-16)27-28(24,25)14(2)3/h10-12,14-15H,9,13H2,1-8H3,(H,21,23)/t15-/m1/s1. The van der Waals surface area contributed by atoms with Gasteiger partial charge in [0.2, 0.25) is 0 Å². The molecule has 0 spiro atoms. The summed E-state index contributed by atoms with van der Waals surface area (Å²) in [6.45, 7) is 13.2. The molecule has 0 aliphatic carbocycles. The van der Waals surface area contributed by atoms with Crippen molar-refractivity contribution in [2.45, 2.75) is 78.3 Å². The van der Waals surface area contributed by atoms with E-state index in [0.717, 1.165) is 12.0 Å². The molecule has 1 aromatic carbocycles. The second-order valence-electron chi connectivity index (χ2n) is 8.18. The molecule has 1 atom stereocenters. The zero-order valence-electron chi connectivity index (χ0n) is 18.2. The number of nitrogens with one attached hydrogen (secondary N) is 1. The van der Waals surface area contributed by atoms with Crippen molar-refractivity contribution in [1.82, 2.24) is 10.2 Å². The molecule has 28 heavy (non-hydrogen) atoms. The zero-order chi connectivity index (χ0) is 21.7. The maximum Gasteiger partial charge on any atom is 0.318 e. The summed E-state index contributed by atoms with van der Waals surface area (Å²) in [5.74, 6) is 0.441. The average Bonchev–Trinajstić information content (AvgIpc) is 2.57. The highest BCUT2D eigenvalue weighted by Crippen LogP contribution is 2.31. The van der Waals surface area contributed by atoms with E-state index in [9.17, 15) is 13.2 Å². The molecule has 0 fully saturated rings. The van der Waals surface area contributed by atoms with Crippen LogP contribution in [0.25, 0.3) is 0 Å². The van der Waals surface area contributed by atoms with Crippen molar-refractivity contribution >= 4 is 16.1 Å². The molecule has 0 saturated carbocycles. The molecule has 1 rings (SSSR count). The fourth-order valence-electron chi connectivity index (χ4n) is 2.34. The number of hydrogen-bond donors (Lipinski definition) is 1. The molecule has 0 aliphatic rings. The summed E-state index contributed by atoms with van der Waals surface area (Å²) in [5, 5.41) is 2.30. The minimum Gasteiger partial charge on any atom is -0.493 e. The van der Waals surface area contributed by atoms with Crippen LogP contribution in [0, 0.1) is 0 Å². The lowest BCUT2D eigenvalue weighted by molar-refractivity contribution is 0.165. The summed E-state index contributed by atoms with van der Waals surface area (Å²) in [6, 6.07) is 4.89. The van der Waals surface area contributed by atoms with Crippen molar-refractivity contribution in [3.63, 3.8) is 0 Å². The fraction of sp³-hybridized carbons (Fsp3) is 0.650. The van der Waals surface area contributed by atoms with Crippen molar-refractivity contribution in [2.75, 3.05) is 7.11 Å². The fourth-order valence-corrected chi connectivity index (χ4v) is 2.92. The lowest BCUT2D eigenvalue weighted by atomic mass is 10.1. The van der Waals surface area contributed by atoms with E-state index >= 15 is 0 Å². The van der Waals surface area contributed by atoms with Crippen LogP contribution >= 0.6 is 0 Å². The Kier molecular flexibility index (Phi) is 8.16. The molecule has 1 N–H and O–H groups in total. The number of carbonyl (C=O) groups is 1. The molecular formula is C20H34N2O5S. The quantitative estimate of drug-likeness (QED) is 0.652. The second-order valence-corrected chi connectivity index (χ2v) is 10.3. The van der Waals surface area contributed by atoms with Crippen LogP contribution in [0.15, 0.2) is 18.2 Å². The third kappa shape index (κ3) is 6.89. The Morgan fingerprint density at radius 2 is 1.79 bits per heavy atom. The van der Waals surface area contributed by atoms with Gasteiger partial charge >= 0.3 is 16.1 Å². The van der Waals surface area contributed by atoms with E-state index in [1.54, 1.807) is 36.9 Å². The number of amides is 2. The lowest BCUT2D eigenvalue weighted by Gasteiger charge is -2.32. The average molecular weight is 415 g/mol. The van der Waals surface area contributed by atoms with Gasteiger partial charge in [0.05, 0.1) is 12.4 Å². The third-order valence-corrected chi connectivity index (χ3v) is 5.80. The van der Waals surface area contributed by atoms with E-state index < -0.39 is 15.4 Å². The molecule has 0 radical (unpaired) electrons. The van der Waals surface area contributed by atoms with Crippen LogP contribution in [0.5, 0.6) is 11.5 Å². The maximum absolute atomic E-state index is 12.8.